The van der Waals surface area contributed by atoms with Crippen LogP contribution in [0.15, 0.2) is 18.2 Å². The maximum Gasteiger partial charge on any atom is 0.164 e. The molecule has 0 radical (unpaired) electrons. The van der Waals surface area contributed by atoms with Crippen LogP contribution in [0.1, 0.15) is 18.9 Å². The second-order valence-electron chi connectivity index (χ2n) is 4.73. The van der Waals surface area contributed by atoms with Gasteiger partial charge in [0.2, 0.25) is 0 Å². The predicted octanol–water partition coefficient (Wildman–Crippen LogP) is 1.75. The largest absolute Gasteiger partial charge is 0.493 e. The van der Waals surface area contributed by atoms with Crippen LogP contribution in [0.5, 0.6) is 11.5 Å². The topological polar surface area (TPSA) is 53.7 Å². The van der Waals surface area contributed by atoms with Crippen LogP contribution in [-0.4, -0.2) is 32.5 Å². The molecule has 18 heavy (non-hydrogen) atoms. The van der Waals surface area contributed by atoms with Crippen molar-refractivity contribution in [2.45, 2.75) is 31.9 Å². The van der Waals surface area contributed by atoms with Crippen molar-refractivity contribution in [1.82, 2.24) is 0 Å². The van der Waals surface area contributed by atoms with Gasteiger partial charge in [-0.25, -0.2) is 0 Å². The highest BCUT2D eigenvalue weighted by Gasteiger charge is 2.21. The van der Waals surface area contributed by atoms with Crippen LogP contribution >= 0.6 is 0 Å². The number of rotatable bonds is 5. The second kappa shape index (κ2) is 6.07. The van der Waals surface area contributed by atoms with Gasteiger partial charge in [-0.1, -0.05) is 12.1 Å². The highest BCUT2D eigenvalue weighted by atomic mass is 16.6. The van der Waals surface area contributed by atoms with E-state index in [1.165, 1.54) is 0 Å². The Bertz CT molecular complexity index is 387. The molecule has 0 amide bonds. The van der Waals surface area contributed by atoms with Gasteiger partial charge >= 0.3 is 0 Å². The molecule has 0 saturated carbocycles. The fourth-order valence-corrected chi connectivity index (χ4v) is 2.14. The van der Waals surface area contributed by atoms with Crippen LogP contribution < -0.4 is 15.2 Å². The minimum Gasteiger partial charge on any atom is -0.493 e. The van der Waals surface area contributed by atoms with Crippen LogP contribution in [0.4, 0.5) is 0 Å². The number of hydrogen-bond acceptors (Lipinski definition) is 4. The molecule has 1 aromatic rings. The van der Waals surface area contributed by atoms with E-state index in [0.717, 1.165) is 36.5 Å². The summed E-state index contributed by atoms with van der Waals surface area (Å²) in [6.07, 6.45) is 1.82. The maximum atomic E-state index is 6.02. The lowest BCUT2D eigenvalue weighted by atomic mass is 10.1. The first-order chi connectivity index (χ1) is 8.70. The van der Waals surface area contributed by atoms with E-state index in [-0.39, 0.29) is 12.1 Å². The lowest BCUT2D eigenvalue weighted by Crippen LogP contribution is -2.21. The molecule has 0 spiro atoms. The summed E-state index contributed by atoms with van der Waals surface area (Å²) in [5.74, 6) is 1.58. The molecule has 1 saturated heterocycles. The lowest BCUT2D eigenvalue weighted by molar-refractivity contribution is 0.138. The molecule has 1 aliphatic heterocycles. The molecular weight excluding hydrogens is 230 g/mol. The Balaban J connectivity index is 2.22. The minimum absolute atomic E-state index is 0.0966. The second-order valence-corrected chi connectivity index (χ2v) is 4.73. The summed E-state index contributed by atoms with van der Waals surface area (Å²) in [5.41, 5.74) is 6.97. The first-order valence-electron chi connectivity index (χ1n) is 6.36. The van der Waals surface area contributed by atoms with Gasteiger partial charge in [0.25, 0.3) is 0 Å². The Hall–Kier alpha value is -1.26. The van der Waals surface area contributed by atoms with Crippen molar-refractivity contribution < 1.29 is 14.2 Å². The summed E-state index contributed by atoms with van der Waals surface area (Å²) in [5, 5.41) is 0. The molecule has 4 nitrogen and oxygen atoms in total. The van der Waals surface area contributed by atoms with Crippen molar-refractivity contribution in [1.29, 1.82) is 0 Å². The molecule has 1 aliphatic rings. The Morgan fingerprint density at radius 1 is 1.50 bits per heavy atom. The quantitative estimate of drug-likeness (QED) is 0.866. The summed E-state index contributed by atoms with van der Waals surface area (Å²) in [7, 11) is 1.66. The number of para-hydroxylation sites is 1. The first-order valence-corrected chi connectivity index (χ1v) is 6.36. The molecule has 2 rings (SSSR count). The van der Waals surface area contributed by atoms with Crippen molar-refractivity contribution in [2.75, 3.05) is 20.3 Å². The van der Waals surface area contributed by atoms with E-state index in [1.54, 1.807) is 7.11 Å². The van der Waals surface area contributed by atoms with E-state index in [0.29, 0.717) is 6.61 Å². The summed E-state index contributed by atoms with van der Waals surface area (Å²) in [4.78, 5) is 0. The van der Waals surface area contributed by atoms with Gasteiger partial charge in [0.1, 0.15) is 6.10 Å². The van der Waals surface area contributed by atoms with Crippen molar-refractivity contribution in [2.24, 2.45) is 5.73 Å². The van der Waals surface area contributed by atoms with Gasteiger partial charge < -0.3 is 19.9 Å². The summed E-state index contributed by atoms with van der Waals surface area (Å²) >= 11 is 0. The van der Waals surface area contributed by atoms with Crippen LogP contribution in [0.2, 0.25) is 0 Å². The standard InChI is InChI=1S/C14H21NO3/c1-10(15)8-11-4-3-5-13(16-2)14(11)18-12-6-7-17-9-12/h3-5,10,12H,6-9,15H2,1-2H3. The summed E-state index contributed by atoms with van der Waals surface area (Å²) < 4.78 is 16.7. The maximum absolute atomic E-state index is 6.02. The zero-order valence-electron chi connectivity index (χ0n) is 11.0. The number of benzene rings is 1. The predicted molar refractivity (Wildman–Crippen MR) is 70.2 cm³/mol. The summed E-state index contributed by atoms with van der Waals surface area (Å²) in [6, 6.07) is 6.01. The van der Waals surface area contributed by atoms with Gasteiger partial charge in [0.05, 0.1) is 20.3 Å². The Labute approximate surface area is 108 Å². The smallest absolute Gasteiger partial charge is 0.164 e. The molecule has 4 heteroatoms. The molecule has 1 aromatic carbocycles. The third-order valence-electron chi connectivity index (χ3n) is 2.99. The average Bonchev–Trinajstić information content (AvgIpc) is 2.83. The molecule has 0 bridgehead atoms. The van der Waals surface area contributed by atoms with Gasteiger partial charge in [-0.15, -0.1) is 0 Å². The van der Waals surface area contributed by atoms with E-state index in [9.17, 15) is 0 Å². The molecule has 2 N–H and O–H groups in total. The van der Waals surface area contributed by atoms with Crippen LogP contribution in [0.3, 0.4) is 0 Å². The number of hydrogen-bond donors (Lipinski definition) is 1. The molecular formula is C14H21NO3. The Morgan fingerprint density at radius 3 is 2.94 bits per heavy atom. The Kier molecular flexibility index (Phi) is 4.44. The number of nitrogens with two attached hydrogens (primary N) is 1. The van der Waals surface area contributed by atoms with Crippen molar-refractivity contribution in [3.05, 3.63) is 23.8 Å². The first kappa shape index (κ1) is 13.2. The zero-order chi connectivity index (χ0) is 13.0. The molecule has 2 unspecified atom stereocenters. The molecule has 2 atom stereocenters. The van der Waals surface area contributed by atoms with E-state index in [1.807, 2.05) is 25.1 Å². The molecule has 100 valence electrons. The van der Waals surface area contributed by atoms with E-state index < -0.39 is 0 Å². The third kappa shape index (κ3) is 3.15. The van der Waals surface area contributed by atoms with Crippen molar-refractivity contribution in [3.63, 3.8) is 0 Å². The number of methoxy groups -OCH3 is 1. The van der Waals surface area contributed by atoms with Crippen LogP contribution in [0.25, 0.3) is 0 Å². The van der Waals surface area contributed by atoms with E-state index in [2.05, 4.69) is 0 Å². The number of ether oxygens (including phenoxy) is 3. The van der Waals surface area contributed by atoms with Crippen molar-refractivity contribution in [3.8, 4) is 11.5 Å². The van der Waals surface area contributed by atoms with Crippen LogP contribution in [-0.2, 0) is 11.2 Å². The van der Waals surface area contributed by atoms with E-state index in [4.69, 9.17) is 19.9 Å². The van der Waals surface area contributed by atoms with Gasteiger partial charge in [0, 0.05) is 12.5 Å². The highest BCUT2D eigenvalue weighted by molar-refractivity contribution is 5.47. The molecule has 0 aromatic heterocycles. The van der Waals surface area contributed by atoms with Gasteiger partial charge in [0.15, 0.2) is 11.5 Å². The average molecular weight is 251 g/mol. The molecule has 1 heterocycles. The van der Waals surface area contributed by atoms with Crippen molar-refractivity contribution >= 4 is 0 Å². The summed E-state index contributed by atoms with van der Waals surface area (Å²) in [6.45, 7) is 3.40. The SMILES string of the molecule is COc1cccc(CC(C)N)c1OC1CCOC1. The third-order valence-corrected chi connectivity index (χ3v) is 2.99. The van der Waals surface area contributed by atoms with Crippen LogP contribution in [0, 0.1) is 0 Å². The highest BCUT2D eigenvalue weighted by Crippen LogP contribution is 2.33. The normalized spacial score (nSPS) is 20.7. The van der Waals surface area contributed by atoms with Gasteiger partial charge in [-0.2, -0.15) is 0 Å². The molecule has 1 fully saturated rings. The Morgan fingerprint density at radius 2 is 2.33 bits per heavy atom. The lowest BCUT2D eigenvalue weighted by Gasteiger charge is -2.19. The zero-order valence-corrected chi connectivity index (χ0v) is 11.0. The van der Waals surface area contributed by atoms with E-state index >= 15 is 0 Å². The minimum atomic E-state index is 0.0966. The monoisotopic (exact) mass is 251 g/mol. The fraction of sp³-hybridized carbons (Fsp3) is 0.571. The molecule has 0 aliphatic carbocycles. The van der Waals surface area contributed by atoms with Gasteiger partial charge in [-0.3, -0.25) is 0 Å². The fourth-order valence-electron chi connectivity index (χ4n) is 2.14. The van der Waals surface area contributed by atoms with Gasteiger partial charge in [-0.05, 0) is 25.0 Å².